The number of rotatable bonds is 0. The van der Waals surface area contributed by atoms with Gasteiger partial charge in [-0.05, 0) is 0 Å². The summed E-state index contributed by atoms with van der Waals surface area (Å²) in [6, 6.07) is 0. The first kappa shape index (κ1) is 79.4. The summed E-state index contributed by atoms with van der Waals surface area (Å²) in [6.45, 7) is 0. The molecule has 0 aliphatic carbocycles. The van der Waals surface area contributed by atoms with Crippen LogP contribution >= 0.6 is 0 Å². The van der Waals surface area contributed by atoms with Gasteiger partial charge in [-0.2, -0.15) is 0 Å². The molecule has 0 bridgehead atoms. The van der Waals surface area contributed by atoms with Crippen LogP contribution in [0.15, 0.2) is 0 Å². The minimum Gasteiger partial charge on any atom is -1.00 e. The molecule has 0 aliphatic rings. The Hall–Kier alpha value is 2.41. The van der Waals surface area contributed by atoms with Gasteiger partial charge in [-0.15, -0.1) is 0 Å². The zero-order chi connectivity index (χ0) is 0. The monoisotopic (exact) mass is 128 g/mol. The van der Waals surface area contributed by atoms with E-state index in [2.05, 4.69) is 0 Å². The van der Waals surface area contributed by atoms with Crippen molar-refractivity contribution in [1.29, 1.82) is 0 Å². The Morgan fingerprint density at radius 2 is 0.667 bits per heavy atom. The minimum absolute atomic E-state index is 0. The van der Waals surface area contributed by atoms with Crippen molar-refractivity contribution in [2.75, 3.05) is 0 Å². The molecule has 0 aliphatic heterocycles. The summed E-state index contributed by atoms with van der Waals surface area (Å²) in [6.07, 6.45) is 0. The maximum atomic E-state index is 0. The van der Waals surface area contributed by atoms with Gasteiger partial charge >= 0.3 is 79.7 Å². The van der Waals surface area contributed by atoms with Gasteiger partial charge in [-0.3, -0.25) is 0 Å². The first-order valence-electron chi connectivity index (χ1n) is 0. The van der Waals surface area contributed by atoms with Crippen molar-refractivity contribution >= 4 is 60.8 Å². The van der Waals surface area contributed by atoms with E-state index >= 15 is 0 Å². The second kappa shape index (κ2) is 52.4. The first-order valence-corrected chi connectivity index (χ1v) is 0. The zero-order valence-electron chi connectivity index (χ0n) is 3.55. The maximum absolute atomic E-state index is 0. The minimum atomic E-state index is 0. The molecule has 0 aromatic rings. The predicted octanol–water partition coefficient (Wildman–Crippen LogP) is -12.7. The average Bonchev–Trinajstić information content (AvgIpc) is 0. The molecule has 0 N–H and O–H groups in total. The van der Waals surface area contributed by atoms with E-state index in [4.69, 9.17) is 0 Å². The second-order valence-electron chi connectivity index (χ2n) is 0. The Bertz CT molecular complexity index is 10.8. The van der Waals surface area contributed by atoms with Crippen LogP contribution in [0.2, 0.25) is 0 Å². The molecular formula is CaF3LiMg+2. The average molecular weight is 128 g/mol. The van der Waals surface area contributed by atoms with Gasteiger partial charge in [0, 0.05) is 0 Å². The van der Waals surface area contributed by atoms with Crippen LogP contribution < -0.4 is 33.0 Å². The van der Waals surface area contributed by atoms with Gasteiger partial charge < -0.3 is 14.1 Å². The summed E-state index contributed by atoms with van der Waals surface area (Å²) in [4.78, 5) is 0. The summed E-state index contributed by atoms with van der Waals surface area (Å²) >= 11 is 0. The molecule has 0 amide bonds. The maximum Gasteiger partial charge on any atom is 2.00 e. The molecule has 6 heavy (non-hydrogen) atoms. The normalized spacial score (nSPS) is 0. The van der Waals surface area contributed by atoms with E-state index in [0.29, 0.717) is 0 Å². The second-order valence-corrected chi connectivity index (χ2v) is 0. The molecule has 0 aromatic carbocycles. The van der Waals surface area contributed by atoms with E-state index < -0.39 is 0 Å². The summed E-state index contributed by atoms with van der Waals surface area (Å²) in [5.74, 6) is 0. The molecule has 0 saturated carbocycles. The third kappa shape index (κ3) is 32.3. The Morgan fingerprint density at radius 1 is 0.667 bits per heavy atom. The van der Waals surface area contributed by atoms with Crippen molar-refractivity contribution in [2.24, 2.45) is 0 Å². The Labute approximate surface area is 92.2 Å². The van der Waals surface area contributed by atoms with Gasteiger partial charge in [0.15, 0.2) is 0 Å². The number of hydrogen-bond donors (Lipinski definition) is 0. The molecular weight excluding hydrogens is 128 g/mol. The largest absolute Gasteiger partial charge is 2.00 e. The van der Waals surface area contributed by atoms with Gasteiger partial charge in [0.1, 0.15) is 0 Å². The van der Waals surface area contributed by atoms with Crippen molar-refractivity contribution in [1.82, 2.24) is 0 Å². The molecule has 0 unspecified atom stereocenters. The van der Waals surface area contributed by atoms with Crippen molar-refractivity contribution in [2.45, 2.75) is 0 Å². The third-order valence-corrected chi connectivity index (χ3v) is 0. The van der Waals surface area contributed by atoms with Crippen LogP contribution in [0, 0.1) is 0 Å². The van der Waals surface area contributed by atoms with Gasteiger partial charge in [0.25, 0.3) is 0 Å². The van der Waals surface area contributed by atoms with E-state index in [1.54, 1.807) is 0 Å². The molecule has 0 atom stereocenters. The Balaban J connectivity index is 0. The Kier molecular flexibility index (Phi) is 693. The molecule has 0 aromatic heterocycles. The van der Waals surface area contributed by atoms with E-state index in [1.165, 1.54) is 0 Å². The molecule has 0 spiro atoms. The van der Waals surface area contributed by atoms with Crippen molar-refractivity contribution in [3.05, 3.63) is 0 Å². The molecule has 0 nitrogen and oxygen atoms in total. The van der Waals surface area contributed by atoms with Gasteiger partial charge in [-0.1, -0.05) is 0 Å². The van der Waals surface area contributed by atoms with Crippen LogP contribution in [-0.2, 0) is 0 Å². The first-order chi connectivity index (χ1) is 0. The van der Waals surface area contributed by atoms with Gasteiger partial charge in [0.05, 0.1) is 0 Å². The molecule has 0 saturated heterocycles. The summed E-state index contributed by atoms with van der Waals surface area (Å²) < 4.78 is 0. The van der Waals surface area contributed by atoms with E-state index in [9.17, 15) is 0 Å². The quantitative estimate of drug-likeness (QED) is 0.284. The number of hydrogen-bond acceptors (Lipinski definition) is 0. The molecule has 0 radical (unpaired) electrons. The van der Waals surface area contributed by atoms with E-state index in [1.807, 2.05) is 0 Å². The SMILES string of the molecule is [Ca+2].[F-].[F-].[F-].[Li+].[Mg+2]. The van der Waals surface area contributed by atoms with Crippen LogP contribution in [0.4, 0.5) is 0 Å². The van der Waals surface area contributed by atoms with Crippen LogP contribution in [0.5, 0.6) is 0 Å². The van der Waals surface area contributed by atoms with E-state index in [-0.39, 0.29) is 93.8 Å². The molecule has 0 rings (SSSR count). The fraction of sp³-hybridized carbons (Fsp3) is 0. The molecule has 0 fully saturated rings. The van der Waals surface area contributed by atoms with Crippen LogP contribution in [0.3, 0.4) is 0 Å². The Morgan fingerprint density at radius 3 is 0.667 bits per heavy atom. The predicted molar refractivity (Wildman–Crippen MR) is 11.5 cm³/mol. The van der Waals surface area contributed by atoms with Crippen molar-refractivity contribution in [3.63, 3.8) is 0 Å². The topological polar surface area (TPSA) is 0 Å². The molecule has 0 heterocycles. The fourth-order valence-electron chi connectivity index (χ4n) is 0. The van der Waals surface area contributed by atoms with Crippen LogP contribution in [0.25, 0.3) is 0 Å². The van der Waals surface area contributed by atoms with Gasteiger partial charge in [-0.25, -0.2) is 0 Å². The van der Waals surface area contributed by atoms with Crippen LogP contribution in [-0.4, -0.2) is 60.8 Å². The van der Waals surface area contributed by atoms with Crippen LogP contribution in [0.1, 0.15) is 0 Å². The zero-order valence-corrected chi connectivity index (χ0v) is 7.17. The third-order valence-electron chi connectivity index (χ3n) is 0. The summed E-state index contributed by atoms with van der Waals surface area (Å²) in [5.41, 5.74) is 0. The summed E-state index contributed by atoms with van der Waals surface area (Å²) in [7, 11) is 0. The molecule has 24 valence electrons. The van der Waals surface area contributed by atoms with E-state index in [0.717, 1.165) is 0 Å². The fourth-order valence-corrected chi connectivity index (χ4v) is 0. The number of halogens is 3. The van der Waals surface area contributed by atoms with Crippen molar-refractivity contribution in [3.8, 4) is 0 Å². The van der Waals surface area contributed by atoms with Crippen molar-refractivity contribution < 1.29 is 33.0 Å². The smallest absolute Gasteiger partial charge is 1.00 e. The summed E-state index contributed by atoms with van der Waals surface area (Å²) in [5, 5.41) is 0. The standard InChI is InChI=1S/Ca.3FH.Li.Mg/h;3*1H;;/q+2;;;;+1;+2/p-3. The molecule has 6 heteroatoms. The van der Waals surface area contributed by atoms with Gasteiger partial charge in [0.2, 0.25) is 0 Å².